The lowest BCUT2D eigenvalue weighted by molar-refractivity contribution is 0.124. The van der Waals surface area contributed by atoms with Crippen LogP contribution in [0.25, 0.3) is 0 Å². The second-order valence-corrected chi connectivity index (χ2v) is 6.18. The predicted octanol–water partition coefficient (Wildman–Crippen LogP) is 4.18. The van der Waals surface area contributed by atoms with E-state index >= 15 is 0 Å². The lowest BCUT2D eigenvalue weighted by Crippen LogP contribution is -2.23. The molecule has 2 rings (SSSR count). The monoisotopic (exact) mass is 331 g/mol. The Morgan fingerprint density at radius 2 is 2.28 bits per heavy atom. The zero-order chi connectivity index (χ0) is 13.0. The van der Waals surface area contributed by atoms with Crippen LogP contribution < -0.4 is 5.32 Å². The van der Waals surface area contributed by atoms with E-state index in [9.17, 15) is 0 Å². The lowest BCUT2D eigenvalue weighted by Gasteiger charge is -2.16. The molecular weight excluding hydrogens is 314 g/mol. The van der Waals surface area contributed by atoms with Crippen LogP contribution in [0.4, 0.5) is 0 Å². The fraction of sp³-hybridized carbons (Fsp3) is 0.571. The van der Waals surface area contributed by atoms with Crippen molar-refractivity contribution in [1.29, 1.82) is 0 Å². The summed E-state index contributed by atoms with van der Waals surface area (Å²) in [6.45, 7) is 4.68. The Morgan fingerprint density at radius 3 is 2.94 bits per heavy atom. The fourth-order valence-electron chi connectivity index (χ4n) is 1.84. The summed E-state index contributed by atoms with van der Waals surface area (Å²) in [7, 11) is 0. The molecule has 0 heterocycles. The van der Waals surface area contributed by atoms with Crippen molar-refractivity contribution in [3.8, 4) is 0 Å². The van der Waals surface area contributed by atoms with Gasteiger partial charge in [0.05, 0.1) is 6.61 Å². The summed E-state index contributed by atoms with van der Waals surface area (Å²) in [6.07, 6.45) is 2.69. The van der Waals surface area contributed by atoms with Crippen molar-refractivity contribution in [2.24, 2.45) is 5.92 Å². The molecule has 1 unspecified atom stereocenters. The van der Waals surface area contributed by atoms with Crippen LogP contribution in [0.15, 0.2) is 22.7 Å². The molecule has 0 radical (unpaired) electrons. The molecule has 0 aliphatic heterocycles. The second-order valence-electron chi connectivity index (χ2n) is 4.86. The van der Waals surface area contributed by atoms with Gasteiger partial charge in [0, 0.05) is 28.7 Å². The quantitative estimate of drug-likeness (QED) is 0.756. The van der Waals surface area contributed by atoms with E-state index in [0.717, 1.165) is 40.7 Å². The van der Waals surface area contributed by atoms with Crippen LogP contribution in [-0.2, 0) is 4.74 Å². The highest BCUT2D eigenvalue weighted by Crippen LogP contribution is 2.28. The number of hydrogen-bond donors (Lipinski definition) is 1. The van der Waals surface area contributed by atoms with Gasteiger partial charge in [0.2, 0.25) is 0 Å². The van der Waals surface area contributed by atoms with Crippen LogP contribution in [0, 0.1) is 5.92 Å². The minimum Gasteiger partial charge on any atom is -0.380 e. The highest BCUT2D eigenvalue weighted by Gasteiger charge is 2.20. The molecule has 0 bridgehead atoms. The Kier molecular flexibility index (Phi) is 5.49. The van der Waals surface area contributed by atoms with Gasteiger partial charge in [-0.15, -0.1) is 0 Å². The molecule has 1 saturated carbocycles. The van der Waals surface area contributed by atoms with Crippen molar-refractivity contribution < 1.29 is 4.74 Å². The minimum absolute atomic E-state index is 0.245. The zero-order valence-corrected chi connectivity index (χ0v) is 12.9. The smallest absolute Gasteiger partial charge is 0.0591 e. The molecule has 0 aromatic heterocycles. The first-order valence-corrected chi connectivity index (χ1v) is 7.60. The molecule has 18 heavy (non-hydrogen) atoms. The molecule has 0 spiro atoms. The average molecular weight is 333 g/mol. The molecular formula is C14H19BrClNO. The van der Waals surface area contributed by atoms with Crippen molar-refractivity contribution in [2.45, 2.75) is 25.8 Å². The van der Waals surface area contributed by atoms with Crippen molar-refractivity contribution >= 4 is 27.5 Å². The first kappa shape index (κ1) is 14.3. The Labute approximate surface area is 122 Å². The molecule has 1 aliphatic rings. The van der Waals surface area contributed by atoms with Crippen LogP contribution in [0.1, 0.15) is 31.4 Å². The van der Waals surface area contributed by atoms with Gasteiger partial charge in [-0.05, 0) is 43.4 Å². The Morgan fingerprint density at radius 1 is 1.50 bits per heavy atom. The van der Waals surface area contributed by atoms with Gasteiger partial charge in [-0.2, -0.15) is 0 Å². The summed E-state index contributed by atoms with van der Waals surface area (Å²) in [4.78, 5) is 0. The third kappa shape index (κ3) is 4.54. The zero-order valence-electron chi connectivity index (χ0n) is 10.6. The SMILES string of the molecule is CC(NCCOCC1CC1)c1ccc(Br)cc1Cl. The van der Waals surface area contributed by atoms with Gasteiger partial charge < -0.3 is 10.1 Å². The van der Waals surface area contributed by atoms with Crippen molar-refractivity contribution in [3.05, 3.63) is 33.3 Å². The molecule has 0 saturated heterocycles. The summed E-state index contributed by atoms with van der Waals surface area (Å²) in [6, 6.07) is 6.24. The first-order chi connectivity index (χ1) is 8.66. The topological polar surface area (TPSA) is 21.3 Å². The first-order valence-electron chi connectivity index (χ1n) is 6.43. The lowest BCUT2D eigenvalue weighted by atomic mass is 10.1. The molecule has 1 aliphatic carbocycles. The van der Waals surface area contributed by atoms with Crippen molar-refractivity contribution in [3.63, 3.8) is 0 Å². The van der Waals surface area contributed by atoms with Crippen LogP contribution >= 0.6 is 27.5 Å². The van der Waals surface area contributed by atoms with E-state index in [4.69, 9.17) is 16.3 Å². The minimum atomic E-state index is 0.245. The van der Waals surface area contributed by atoms with Gasteiger partial charge in [0.1, 0.15) is 0 Å². The number of ether oxygens (including phenoxy) is 1. The van der Waals surface area contributed by atoms with Gasteiger partial charge in [-0.3, -0.25) is 0 Å². The third-order valence-corrected chi connectivity index (χ3v) is 4.00. The molecule has 100 valence electrons. The molecule has 2 nitrogen and oxygen atoms in total. The van der Waals surface area contributed by atoms with Gasteiger partial charge in [-0.1, -0.05) is 33.6 Å². The summed E-state index contributed by atoms with van der Waals surface area (Å²) >= 11 is 9.63. The standard InChI is InChI=1S/C14H19BrClNO/c1-10(13-5-4-12(15)8-14(13)16)17-6-7-18-9-11-2-3-11/h4-5,8,10-11,17H,2-3,6-7,9H2,1H3. The number of halogens is 2. The summed E-state index contributed by atoms with van der Waals surface area (Å²) in [5.41, 5.74) is 1.13. The summed E-state index contributed by atoms with van der Waals surface area (Å²) in [5.74, 6) is 0.836. The van der Waals surface area contributed by atoms with Crippen LogP contribution in [-0.4, -0.2) is 19.8 Å². The normalized spacial score (nSPS) is 16.8. The van der Waals surface area contributed by atoms with E-state index in [-0.39, 0.29) is 6.04 Å². The molecule has 1 fully saturated rings. The maximum atomic E-state index is 6.21. The molecule has 0 amide bonds. The molecule has 1 atom stereocenters. The van der Waals surface area contributed by atoms with E-state index in [1.165, 1.54) is 12.8 Å². The van der Waals surface area contributed by atoms with Crippen molar-refractivity contribution in [1.82, 2.24) is 5.32 Å². The van der Waals surface area contributed by atoms with E-state index in [1.54, 1.807) is 0 Å². The second kappa shape index (κ2) is 6.90. The molecule has 1 aromatic carbocycles. The average Bonchev–Trinajstić information content (AvgIpc) is 3.12. The highest BCUT2D eigenvalue weighted by atomic mass is 79.9. The highest BCUT2D eigenvalue weighted by molar-refractivity contribution is 9.10. The van der Waals surface area contributed by atoms with E-state index in [0.29, 0.717) is 0 Å². The van der Waals surface area contributed by atoms with Crippen LogP contribution in [0.5, 0.6) is 0 Å². The molecule has 1 aromatic rings. The Balaban J connectivity index is 1.70. The summed E-state index contributed by atoms with van der Waals surface area (Å²) in [5, 5.41) is 4.22. The van der Waals surface area contributed by atoms with E-state index in [1.807, 2.05) is 12.1 Å². The number of rotatable bonds is 7. The maximum absolute atomic E-state index is 6.21. The van der Waals surface area contributed by atoms with Crippen LogP contribution in [0.3, 0.4) is 0 Å². The predicted molar refractivity (Wildman–Crippen MR) is 79.1 cm³/mol. The molecule has 1 N–H and O–H groups in total. The molecule has 4 heteroatoms. The van der Waals surface area contributed by atoms with Gasteiger partial charge in [0.25, 0.3) is 0 Å². The van der Waals surface area contributed by atoms with E-state index in [2.05, 4.69) is 34.2 Å². The van der Waals surface area contributed by atoms with Crippen LogP contribution in [0.2, 0.25) is 5.02 Å². The third-order valence-electron chi connectivity index (χ3n) is 3.18. The Bertz CT molecular complexity index is 395. The van der Waals surface area contributed by atoms with Crippen molar-refractivity contribution in [2.75, 3.05) is 19.8 Å². The van der Waals surface area contributed by atoms with E-state index < -0.39 is 0 Å². The summed E-state index contributed by atoms with van der Waals surface area (Å²) < 4.78 is 6.60. The number of hydrogen-bond acceptors (Lipinski definition) is 2. The number of benzene rings is 1. The number of nitrogens with one attached hydrogen (secondary N) is 1. The fourth-order valence-corrected chi connectivity index (χ4v) is 2.68. The Hall–Kier alpha value is -0.0900. The van der Waals surface area contributed by atoms with Gasteiger partial charge >= 0.3 is 0 Å². The van der Waals surface area contributed by atoms with Gasteiger partial charge in [-0.25, -0.2) is 0 Å². The largest absolute Gasteiger partial charge is 0.380 e. The maximum Gasteiger partial charge on any atom is 0.0591 e. The van der Waals surface area contributed by atoms with Gasteiger partial charge in [0.15, 0.2) is 0 Å².